The number of hydrogen-bond donors (Lipinski definition) is 0. The number of thioether (sulfide) groups is 1. The van der Waals surface area contributed by atoms with Gasteiger partial charge < -0.3 is 4.42 Å². The zero-order chi connectivity index (χ0) is 16.0. The van der Waals surface area contributed by atoms with Crippen LogP contribution in [0.3, 0.4) is 0 Å². The minimum absolute atomic E-state index is 0.918. The molecule has 0 aliphatic heterocycles. The molecule has 4 heteroatoms. The highest BCUT2D eigenvalue weighted by Gasteiger charge is 2.13. The Labute approximate surface area is 155 Å². The van der Waals surface area contributed by atoms with Crippen LogP contribution in [0.5, 0.6) is 0 Å². The molecule has 4 rings (SSSR count). The van der Waals surface area contributed by atoms with E-state index in [1.165, 1.54) is 16.0 Å². The van der Waals surface area contributed by atoms with Gasteiger partial charge in [-0.15, -0.1) is 11.8 Å². The van der Waals surface area contributed by atoms with Gasteiger partial charge >= 0.3 is 0 Å². The minimum atomic E-state index is 0.918. The Balaban J connectivity index is 2.04. The van der Waals surface area contributed by atoms with E-state index >= 15 is 0 Å². The summed E-state index contributed by atoms with van der Waals surface area (Å²) >= 11 is 8.86. The Morgan fingerprint density at radius 3 is 2.39 bits per heavy atom. The second kappa shape index (κ2) is 6.00. The Morgan fingerprint density at radius 2 is 1.61 bits per heavy atom. The fourth-order valence-electron chi connectivity index (χ4n) is 2.83. The molecular formula is C19H12Br2OS. The van der Waals surface area contributed by atoms with E-state index in [1.807, 2.05) is 18.2 Å². The molecular weight excluding hydrogens is 436 g/mol. The van der Waals surface area contributed by atoms with Crippen molar-refractivity contribution >= 4 is 65.6 Å². The van der Waals surface area contributed by atoms with Crippen LogP contribution in [0.1, 0.15) is 0 Å². The molecule has 0 aliphatic carbocycles. The molecule has 0 unspecified atom stereocenters. The molecule has 3 aromatic carbocycles. The highest BCUT2D eigenvalue weighted by atomic mass is 79.9. The van der Waals surface area contributed by atoms with E-state index < -0.39 is 0 Å². The summed E-state index contributed by atoms with van der Waals surface area (Å²) in [6.45, 7) is 0. The van der Waals surface area contributed by atoms with Crippen LogP contribution < -0.4 is 0 Å². The summed E-state index contributed by atoms with van der Waals surface area (Å²) in [6.07, 6.45) is 2.11. The quantitative estimate of drug-likeness (QED) is 0.295. The molecule has 0 fully saturated rings. The van der Waals surface area contributed by atoms with Gasteiger partial charge in [-0.25, -0.2) is 0 Å². The summed E-state index contributed by atoms with van der Waals surface area (Å²) in [4.78, 5) is 1.25. The molecule has 0 saturated heterocycles. The Hall–Kier alpha value is -1.23. The second-order valence-corrected chi connectivity index (χ2v) is 7.98. The summed E-state index contributed by atoms with van der Waals surface area (Å²) in [5.74, 6) is 0. The van der Waals surface area contributed by atoms with Gasteiger partial charge in [0.05, 0.1) is 0 Å². The van der Waals surface area contributed by atoms with Crippen molar-refractivity contribution in [2.75, 3.05) is 6.26 Å². The molecule has 0 saturated carbocycles. The third-order valence-corrected chi connectivity index (χ3v) is 5.65. The maximum absolute atomic E-state index is 6.06. The first-order valence-corrected chi connectivity index (χ1v) is 9.92. The molecule has 0 bridgehead atoms. The van der Waals surface area contributed by atoms with Gasteiger partial charge in [-0.1, -0.05) is 44.0 Å². The van der Waals surface area contributed by atoms with Crippen molar-refractivity contribution in [3.05, 3.63) is 63.5 Å². The number of halogens is 2. The Bertz CT molecular complexity index is 1040. The maximum Gasteiger partial charge on any atom is 0.136 e. The Morgan fingerprint density at radius 1 is 0.826 bits per heavy atom. The van der Waals surface area contributed by atoms with Crippen molar-refractivity contribution < 1.29 is 4.42 Å². The molecule has 0 N–H and O–H groups in total. The van der Waals surface area contributed by atoms with E-state index in [0.717, 1.165) is 30.9 Å². The summed E-state index contributed by atoms with van der Waals surface area (Å²) in [5, 5.41) is 2.30. The molecule has 4 aromatic rings. The highest BCUT2D eigenvalue weighted by molar-refractivity contribution is 9.10. The topological polar surface area (TPSA) is 13.1 Å². The zero-order valence-corrected chi connectivity index (χ0v) is 16.3. The number of hydrogen-bond acceptors (Lipinski definition) is 2. The third-order valence-electron chi connectivity index (χ3n) is 3.89. The van der Waals surface area contributed by atoms with Crippen molar-refractivity contribution in [2.24, 2.45) is 0 Å². The predicted octanol–water partition coefficient (Wildman–Crippen LogP) is 7.50. The largest absolute Gasteiger partial charge is 0.456 e. The van der Waals surface area contributed by atoms with Gasteiger partial charge in [-0.3, -0.25) is 0 Å². The maximum atomic E-state index is 6.06. The van der Waals surface area contributed by atoms with Crippen LogP contribution in [0, 0.1) is 0 Å². The van der Waals surface area contributed by atoms with Gasteiger partial charge in [0.2, 0.25) is 0 Å². The Kier molecular flexibility index (Phi) is 4.00. The molecule has 1 nitrogen and oxygen atoms in total. The molecule has 1 aromatic heterocycles. The van der Waals surface area contributed by atoms with E-state index in [-0.39, 0.29) is 0 Å². The molecule has 0 spiro atoms. The second-order valence-electron chi connectivity index (χ2n) is 5.30. The van der Waals surface area contributed by atoms with Crippen LogP contribution in [0.2, 0.25) is 0 Å². The molecule has 114 valence electrons. The van der Waals surface area contributed by atoms with E-state index in [9.17, 15) is 0 Å². The average Bonchev–Trinajstić information content (AvgIpc) is 2.90. The molecule has 23 heavy (non-hydrogen) atoms. The van der Waals surface area contributed by atoms with E-state index in [1.54, 1.807) is 11.8 Å². The fraction of sp³-hybridized carbons (Fsp3) is 0.0526. The highest BCUT2D eigenvalue weighted by Crippen LogP contribution is 2.39. The SMILES string of the molecule is CSc1cc2c(cc1-c1cccc(Br)c1)oc1ccc(Br)cc12. The monoisotopic (exact) mass is 446 g/mol. The van der Waals surface area contributed by atoms with Gasteiger partial charge in [-0.2, -0.15) is 0 Å². The lowest BCUT2D eigenvalue weighted by molar-refractivity contribution is 0.669. The lowest BCUT2D eigenvalue weighted by Gasteiger charge is -2.08. The standard InChI is InChI=1S/C19H12Br2OS/c1-23-19-10-16-15-8-13(21)5-6-17(15)22-18(16)9-14(19)11-3-2-4-12(20)7-11/h2-10H,1H3. The van der Waals surface area contributed by atoms with Crippen LogP contribution in [-0.4, -0.2) is 6.26 Å². The van der Waals surface area contributed by atoms with Gasteiger partial charge in [0, 0.05) is 24.6 Å². The smallest absolute Gasteiger partial charge is 0.136 e. The van der Waals surface area contributed by atoms with Crippen molar-refractivity contribution in [1.29, 1.82) is 0 Å². The summed E-state index contributed by atoms with van der Waals surface area (Å²) in [5.41, 5.74) is 4.23. The van der Waals surface area contributed by atoms with Crippen LogP contribution in [0.25, 0.3) is 33.1 Å². The zero-order valence-electron chi connectivity index (χ0n) is 12.3. The molecule has 1 heterocycles. The summed E-state index contributed by atoms with van der Waals surface area (Å²) in [7, 11) is 0. The van der Waals surface area contributed by atoms with E-state index in [2.05, 4.69) is 74.5 Å². The first-order valence-electron chi connectivity index (χ1n) is 7.11. The molecule has 0 radical (unpaired) electrons. The van der Waals surface area contributed by atoms with Gasteiger partial charge in [0.25, 0.3) is 0 Å². The normalized spacial score (nSPS) is 11.4. The fourth-order valence-corrected chi connectivity index (χ4v) is 4.22. The first kappa shape index (κ1) is 15.3. The van der Waals surface area contributed by atoms with Crippen molar-refractivity contribution in [3.8, 4) is 11.1 Å². The van der Waals surface area contributed by atoms with E-state index in [0.29, 0.717) is 0 Å². The van der Waals surface area contributed by atoms with Crippen molar-refractivity contribution in [1.82, 2.24) is 0 Å². The number of rotatable bonds is 2. The summed E-state index contributed by atoms with van der Waals surface area (Å²) < 4.78 is 8.20. The van der Waals surface area contributed by atoms with Gasteiger partial charge in [-0.05, 0) is 59.8 Å². The average molecular weight is 448 g/mol. The first-order chi connectivity index (χ1) is 11.2. The predicted molar refractivity (Wildman–Crippen MR) is 106 cm³/mol. The van der Waals surface area contributed by atoms with Gasteiger partial charge in [0.15, 0.2) is 0 Å². The van der Waals surface area contributed by atoms with Gasteiger partial charge in [0.1, 0.15) is 11.2 Å². The summed E-state index contributed by atoms with van der Waals surface area (Å²) in [6, 6.07) is 18.9. The molecule has 0 aliphatic rings. The lowest BCUT2D eigenvalue weighted by Crippen LogP contribution is -1.83. The van der Waals surface area contributed by atoms with Crippen molar-refractivity contribution in [3.63, 3.8) is 0 Å². The number of furan rings is 1. The lowest BCUT2D eigenvalue weighted by atomic mass is 10.0. The third kappa shape index (κ3) is 2.73. The van der Waals surface area contributed by atoms with Crippen LogP contribution in [-0.2, 0) is 0 Å². The van der Waals surface area contributed by atoms with Crippen molar-refractivity contribution in [2.45, 2.75) is 4.90 Å². The number of benzene rings is 3. The van der Waals surface area contributed by atoms with Crippen LogP contribution in [0.15, 0.2) is 72.9 Å². The van der Waals surface area contributed by atoms with Crippen LogP contribution >= 0.6 is 43.6 Å². The van der Waals surface area contributed by atoms with E-state index in [4.69, 9.17) is 4.42 Å². The minimum Gasteiger partial charge on any atom is -0.456 e. The molecule has 0 amide bonds. The van der Waals surface area contributed by atoms with Crippen LogP contribution in [0.4, 0.5) is 0 Å². The molecule has 0 atom stereocenters. The number of fused-ring (bicyclic) bond motifs is 3.